The zero-order valence-corrected chi connectivity index (χ0v) is 11.6. The number of aromatic nitrogens is 2. The van der Waals surface area contributed by atoms with E-state index < -0.39 is 0 Å². The number of carbonyl (C=O) groups excluding carboxylic acids is 1. The van der Waals surface area contributed by atoms with Crippen LogP contribution >= 0.6 is 0 Å². The Balaban J connectivity index is 1.88. The van der Waals surface area contributed by atoms with Crippen LogP contribution in [-0.4, -0.2) is 15.8 Å². The van der Waals surface area contributed by atoms with Crippen molar-refractivity contribution >= 4 is 5.78 Å². The third-order valence-electron chi connectivity index (χ3n) is 3.20. The molecule has 0 aliphatic rings. The fraction of sp³-hybridized carbons (Fsp3) is 0.118. The summed E-state index contributed by atoms with van der Waals surface area (Å²) in [6.45, 7) is 1.85. The number of hydrogen-bond donors (Lipinski definition) is 0. The number of oxazole rings is 1. The van der Waals surface area contributed by atoms with Gasteiger partial charge in [0, 0.05) is 23.7 Å². The fourth-order valence-electron chi connectivity index (χ4n) is 2.04. The van der Waals surface area contributed by atoms with Crippen molar-refractivity contribution in [2.45, 2.75) is 13.3 Å². The minimum Gasteiger partial charge on any atom is -0.434 e. The molecule has 0 spiro atoms. The van der Waals surface area contributed by atoms with E-state index >= 15 is 0 Å². The minimum atomic E-state index is 0.128. The van der Waals surface area contributed by atoms with Gasteiger partial charge in [-0.1, -0.05) is 25.1 Å². The first-order valence-electron chi connectivity index (χ1n) is 6.79. The first-order valence-corrected chi connectivity index (χ1v) is 6.79. The highest BCUT2D eigenvalue weighted by Crippen LogP contribution is 2.24. The molecule has 0 fully saturated rings. The van der Waals surface area contributed by atoms with Gasteiger partial charge in [-0.05, 0) is 24.3 Å². The molecular weight excluding hydrogens is 264 g/mol. The quantitative estimate of drug-likeness (QED) is 0.677. The van der Waals surface area contributed by atoms with Gasteiger partial charge < -0.3 is 4.42 Å². The Kier molecular flexibility index (Phi) is 3.60. The van der Waals surface area contributed by atoms with Crippen molar-refractivity contribution in [1.29, 1.82) is 0 Å². The second kappa shape index (κ2) is 5.71. The van der Waals surface area contributed by atoms with Crippen molar-refractivity contribution < 1.29 is 9.21 Å². The Morgan fingerprint density at radius 1 is 1.10 bits per heavy atom. The van der Waals surface area contributed by atoms with Crippen molar-refractivity contribution in [3.63, 3.8) is 0 Å². The Morgan fingerprint density at radius 3 is 2.57 bits per heavy atom. The molecule has 3 aromatic rings. The number of hydrogen-bond acceptors (Lipinski definition) is 4. The van der Waals surface area contributed by atoms with Gasteiger partial charge in [-0.2, -0.15) is 0 Å². The molecule has 3 rings (SSSR count). The molecule has 0 saturated heterocycles. The predicted molar refractivity (Wildman–Crippen MR) is 79.8 cm³/mol. The Morgan fingerprint density at radius 2 is 1.90 bits per heavy atom. The maximum Gasteiger partial charge on any atom is 0.226 e. The molecule has 2 aromatic heterocycles. The number of rotatable bonds is 4. The average Bonchev–Trinajstić information content (AvgIpc) is 3.05. The molecule has 0 aliphatic heterocycles. The van der Waals surface area contributed by atoms with Gasteiger partial charge in [0.25, 0.3) is 0 Å². The van der Waals surface area contributed by atoms with Gasteiger partial charge in [0.15, 0.2) is 11.5 Å². The summed E-state index contributed by atoms with van der Waals surface area (Å²) >= 11 is 0. The van der Waals surface area contributed by atoms with E-state index in [0.29, 0.717) is 23.6 Å². The third kappa shape index (κ3) is 2.74. The van der Waals surface area contributed by atoms with Gasteiger partial charge in [-0.3, -0.25) is 9.78 Å². The summed E-state index contributed by atoms with van der Waals surface area (Å²) in [7, 11) is 0. The average molecular weight is 278 g/mol. The molecule has 4 nitrogen and oxygen atoms in total. The zero-order chi connectivity index (χ0) is 14.7. The highest BCUT2D eigenvalue weighted by Gasteiger charge is 2.10. The predicted octanol–water partition coefficient (Wildman–Crippen LogP) is 4.00. The summed E-state index contributed by atoms with van der Waals surface area (Å²) in [5.41, 5.74) is 2.29. The van der Waals surface area contributed by atoms with E-state index in [1.165, 1.54) is 0 Å². The lowest BCUT2D eigenvalue weighted by Crippen LogP contribution is -1.95. The zero-order valence-electron chi connectivity index (χ0n) is 11.6. The lowest BCUT2D eigenvalue weighted by molar-refractivity contribution is 0.0988. The molecule has 21 heavy (non-hydrogen) atoms. The summed E-state index contributed by atoms with van der Waals surface area (Å²) in [6.07, 6.45) is 3.87. The van der Waals surface area contributed by atoms with Crippen molar-refractivity contribution in [3.8, 4) is 22.9 Å². The van der Waals surface area contributed by atoms with E-state index in [9.17, 15) is 4.79 Å². The first kappa shape index (κ1) is 13.2. The van der Waals surface area contributed by atoms with E-state index in [0.717, 1.165) is 11.3 Å². The summed E-state index contributed by atoms with van der Waals surface area (Å²) in [5, 5.41) is 0. The standard InChI is InChI=1S/C17H14N2O2/c1-2-15(20)12-6-8-13(9-7-12)17-19-11-16(21-17)14-5-3-4-10-18-14/h3-11H,2H2,1H3. The minimum absolute atomic E-state index is 0.128. The number of pyridine rings is 1. The van der Waals surface area contributed by atoms with Crippen LogP contribution in [0.5, 0.6) is 0 Å². The molecule has 104 valence electrons. The van der Waals surface area contributed by atoms with Crippen LogP contribution in [0.4, 0.5) is 0 Å². The van der Waals surface area contributed by atoms with E-state index in [-0.39, 0.29) is 5.78 Å². The number of ketones is 1. The van der Waals surface area contributed by atoms with Crippen LogP contribution in [-0.2, 0) is 0 Å². The van der Waals surface area contributed by atoms with Crippen LogP contribution in [0.3, 0.4) is 0 Å². The van der Waals surface area contributed by atoms with Crippen molar-refractivity contribution in [2.75, 3.05) is 0 Å². The van der Waals surface area contributed by atoms with Gasteiger partial charge in [-0.25, -0.2) is 4.98 Å². The first-order chi connectivity index (χ1) is 10.3. The van der Waals surface area contributed by atoms with E-state index in [1.807, 2.05) is 37.3 Å². The number of nitrogens with zero attached hydrogens (tertiary/aromatic N) is 2. The summed E-state index contributed by atoms with van der Waals surface area (Å²) in [5.74, 6) is 1.27. The van der Waals surface area contributed by atoms with Crippen LogP contribution in [0, 0.1) is 0 Å². The van der Waals surface area contributed by atoms with Crippen LogP contribution in [0.25, 0.3) is 22.9 Å². The van der Waals surface area contributed by atoms with Crippen LogP contribution < -0.4 is 0 Å². The van der Waals surface area contributed by atoms with Crippen LogP contribution in [0.1, 0.15) is 23.7 Å². The third-order valence-corrected chi connectivity index (χ3v) is 3.20. The van der Waals surface area contributed by atoms with E-state index in [1.54, 1.807) is 24.5 Å². The van der Waals surface area contributed by atoms with Gasteiger partial charge in [0.05, 0.1) is 6.20 Å². The van der Waals surface area contributed by atoms with E-state index in [2.05, 4.69) is 9.97 Å². The molecule has 0 aliphatic carbocycles. The topological polar surface area (TPSA) is 56.0 Å². The van der Waals surface area contributed by atoms with Gasteiger partial charge in [0.1, 0.15) is 5.69 Å². The monoisotopic (exact) mass is 278 g/mol. The normalized spacial score (nSPS) is 10.5. The Bertz CT molecular complexity index is 746. The van der Waals surface area contributed by atoms with Crippen molar-refractivity contribution in [3.05, 3.63) is 60.4 Å². The maximum absolute atomic E-state index is 11.6. The summed E-state index contributed by atoms with van der Waals surface area (Å²) in [4.78, 5) is 20.1. The lowest BCUT2D eigenvalue weighted by atomic mass is 10.1. The second-order valence-electron chi connectivity index (χ2n) is 4.60. The van der Waals surface area contributed by atoms with Crippen LogP contribution in [0.2, 0.25) is 0 Å². The van der Waals surface area contributed by atoms with Gasteiger partial charge >= 0.3 is 0 Å². The maximum atomic E-state index is 11.6. The van der Waals surface area contributed by atoms with Crippen molar-refractivity contribution in [2.24, 2.45) is 0 Å². The Hall–Kier alpha value is -2.75. The summed E-state index contributed by atoms with van der Waals surface area (Å²) in [6, 6.07) is 12.9. The van der Waals surface area contributed by atoms with Gasteiger partial charge in [0.2, 0.25) is 5.89 Å². The molecular formula is C17H14N2O2. The molecule has 0 unspecified atom stereocenters. The summed E-state index contributed by atoms with van der Waals surface area (Å²) < 4.78 is 5.72. The van der Waals surface area contributed by atoms with Crippen LogP contribution in [0.15, 0.2) is 59.3 Å². The number of Topliss-reactive ketones (excluding diaryl/α,β-unsaturated/α-hetero) is 1. The molecule has 2 heterocycles. The molecule has 0 atom stereocenters. The molecule has 4 heteroatoms. The molecule has 0 saturated carbocycles. The molecule has 1 aromatic carbocycles. The fourth-order valence-corrected chi connectivity index (χ4v) is 2.04. The van der Waals surface area contributed by atoms with Gasteiger partial charge in [-0.15, -0.1) is 0 Å². The lowest BCUT2D eigenvalue weighted by Gasteiger charge is -1.99. The Labute approximate surface area is 122 Å². The molecule has 0 N–H and O–H groups in total. The number of benzene rings is 1. The molecule has 0 amide bonds. The SMILES string of the molecule is CCC(=O)c1ccc(-c2ncc(-c3ccccn3)o2)cc1. The largest absolute Gasteiger partial charge is 0.434 e. The van der Waals surface area contributed by atoms with E-state index in [4.69, 9.17) is 4.42 Å². The highest BCUT2D eigenvalue weighted by molar-refractivity contribution is 5.96. The smallest absolute Gasteiger partial charge is 0.226 e. The molecule has 0 bridgehead atoms. The molecule has 0 radical (unpaired) electrons. The highest BCUT2D eigenvalue weighted by atomic mass is 16.4. The van der Waals surface area contributed by atoms with Crippen molar-refractivity contribution in [1.82, 2.24) is 9.97 Å². The second-order valence-corrected chi connectivity index (χ2v) is 4.60. The number of carbonyl (C=O) groups is 1.